The summed E-state index contributed by atoms with van der Waals surface area (Å²) in [4.78, 5) is 21.9. The number of carbonyl (C=O) groups excluding carboxylic acids is 1. The maximum absolute atomic E-state index is 10.2. The van der Waals surface area contributed by atoms with Gasteiger partial charge in [-0.05, 0) is 0 Å². The molecule has 2 aliphatic rings. The molecule has 0 aliphatic carbocycles. The second-order valence-electron chi connectivity index (χ2n) is 1.78. The maximum Gasteiger partial charge on any atom is 0.183 e. The monoisotopic (exact) mass is 153 g/mol. The lowest BCUT2D eigenvalue weighted by molar-refractivity contribution is -0.107. The molecular formula is C5H3N3OS. The van der Waals surface area contributed by atoms with Crippen LogP contribution in [0.5, 0.6) is 0 Å². The first kappa shape index (κ1) is 5.79. The standard InChI is InChI=1S/C5H3N3OS/c9-1-3-8-4-5(10-3)7-2-6-4/h1-3H. The molecule has 10 heavy (non-hydrogen) atoms. The summed E-state index contributed by atoms with van der Waals surface area (Å²) in [5.74, 6) is 0.599. The summed E-state index contributed by atoms with van der Waals surface area (Å²) in [7, 11) is 0. The zero-order chi connectivity index (χ0) is 6.97. The molecule has 2 heterocycles. The van der Waals surface area contributed by atoms with Gasteiger partial charge < -0.3 is 0 Å². The second-order valence-corrected chi connectivity index (χ2v) is 2.88. The number of fused-ring (bicyclic) bond motifs is 1. The Morgan fingerprint density at radius 1 is 1.70 bits per heavy atom. The van der Waals surface area contributed by atoms with E-state index < -0.39 is 0 Å². The molecule has 5 heteroatoms. The highest BCUT2D eigenvalue weighted by Gasteiger charge is 2.25. The largest absolute Gasteiger partial charge is 0.300 e. The Morgan fingerprint density at radius 3 is 3.30 bits per heavy atom. The first-order chi connectivity index (χ1) is 4.90. The molecule has 0 amide bonds. The molecule has 0 N–H and O–H groups in total. The van der Waals surface area contributed by atoms with Crippen molar-refractivity contribution in [3.8, 4) is 0 Å². The Kier molecular flexibility index (Phi) is 1.17. The number of amidine groups is 1. The summed E-state index contributed by atoms with van der Waals surface area (Å²) in [6, 6.07) is 0. The van der Waals surface area contributed by atoms with Crippen molar-refractivity contribution in [2.24, 2.45) is 15.0 Å². The van der Waals surface area contributed by atoms with Gasteiger partial charge in [-0.1, -0.05) is 11.8 Å². The Bertz CT molecular complexity index is 268. The zero-order valence-corrected chi connectivity index (χ0v) is 5.71. The highest BCUT2D eigenvalue weighted by Crippen LogP contribution is 2.23. The van der Waals surface area contributed by atoms with Gasteiger partial charge in [0.1, 0.15) is 11.4 Å². The van der Waals surface area contributed by atoms with Gasteiger partial charge in [-0.25, -0.2) is 15.0 Å². The van der Waals surface area contributed by atoms with Gasteiger partial charge in [0.15, 0.2) is 17.5 Å². The van der Waals surface area contributed by atoms with Crippen LogP contribution in [-0.4, -0.2) is 28.9 Å². The number of aldehydes is 1. The van der Waals surface area contributed by atoms with Crippen molar-refractivity contribution in [3.63, 3.8) is 0 Å². The van der Waals surface area contributed by atoms with Crippen molar-refractivity contribution >= 4 is 35.3 Å². The fourth-order valence-corrected chi connectivity index (χ4v) is 1.50. The van der Waals surface area contributed by atoms with Crippen LogP contribution in [0.4, 0.5) is 0 Å². The fourth-order valence-electron chi connectivity index (χ4n) is 0.740. The average Bonchev–Trinajstić information content (AvgIpc) is 2.42. The van der Waals surface area contributed by atoms with Gasteiger partial charge in [-0.15, -0.1) is 0 Å². The summed E-state index contributed by atoms with van der Waals surface area (Å²) >= 11 is 1.33. The SMILES string of the molecule is O=CC1N=C2N=CN=C2S1. The molecule has 1 atom stereocenters. The lowest BCUT2D eigenvalue weighted by atomic mass is 10.6. The van der Waals surface area contributed by atoms with Crippen molar-refractivity contribution in [1.29, 1.82) is 0 Å². The van der Waals surface area contributed by atoms with Crippen LogP contribution < -0.4 is 0 Å². The zero-order valence-electron chi connectivity index (χ0n) is 4.89. The highest BCUT2D eigenvalue weighted by molar-refractivity contribution is 8.17. The van der Waals surface area contributed by atoms with Crippen LogP contribution in [0.3, 0.4) is 0 Å². The molecule has 1 unspecified atom stereocenters. The van der Waals surface area contributed by atoms with Crippen LogP contribution >= 0.6 is 11.8 Å². The Labute approximate surface area is 61.2 Å². The second kappa shape index (κ2) is 2.02. The molecule has 0 fully saturated rings. The number of hydrogen-bond donors (Lipinski definition) is 0. The molecule has 2 rings (SSSR count). The van der Waals surface area contributed by atoms with Crippen molar-refractivity contribution in [1.82, 2.24) is 0 Å². The predicted molar refractivity (Wildman–Crippen MR) is 40.8 cm³/mol. The summed E-state index contributed by atoms with van der Waals surface area (Å²) in [5.41, 5.74) is 0. The molecule has 0 spiro atoms. The van der Waals surface area contributed by atoms with Crippen LogP contribution in [0.15, 0.2) is 15.0 Å². The average molecular weight is 153 g/mol. The first-order valence-corrected chi connectivity index (χ1v) is 3.58. The Balaban J connectivity index is 2.32. The quantitative estimate of drug-likeness (QED) is 0.501. The Morgan fingerprint density at radius 2 is 2.60 bits per heavy atom. The van der Waals surface area contributed by atoms with Crippen molar-refractivity contribution in [2.75, 3.05) is 0 Å². The number of thioether (sulfide) groups is 1. The normalized spacial score (nSPS) is 27.8. The van der Waals surface area contributed by atoms with E-state index in [0.717, 1.165) is 11.3 Å². The number of hydrogen-bond acceptors (Lipinski definition) is 5. The summed E-state index contributed by atoms with van der Waals surface area (Å²) in [6.07, 6.45) is 2.23. The molecule has 4 nitrogen and oxygen atoms in total. The summed E-state index contributed by atoms with van der Waals surface area (Å²) in [6.45, 7) is 0. The van der Waals surface area contributed by atoms with Crippen LogP contribution in [0, 0.1) is 0 Å². The third-order valence-corrected chi connectivity index (χ3v) is 2.11. The molecule has 50 valence electrons. The number of nitrogens with zero attached hydrogens (tertiary/aromatic N) is 3. The van der Waals surface area contributed by atoms with E-state index in [1.165, 1.54) is 18.1 Å². The number of rotatable bonds is 1. The van der Waals surface area contributed by atoms with Gasteiger partial charge in [0, 0.05) is 0 Å². The topological polar surface area (TPSA) is 54.1 Å². The predicted octanol–water partition coefficient (Wildman–Crippen LogP) is 0.0971. The van der Waals surface area contributed by atoms with E-state index in [2.05, 4.69) is 15.0 Å². The number of aliphatic imine (C=N–C) groups is 3. The third kappa shape index (κ3) is 0.706. The van der Waals surface area contributed by atoms with Crippen LogP contribution in [-0.2, 0) is 4.79 Å². The molecule has 0 aromatic carbocycles. The van der Waals surface area contributed by atoms with E-state index in [1.807, 2.05) is 0 Å². The minimum atomic E-state index is -0.314. The molecule has 0 radical (unpaired) electrons. The van der Waals surface area contributed by atoms with Gasteiger partial charge in [0.2, 0.25) is 0 Å². The van der Waals surface area contributed by atoms with E-state index in [4.69, 9.17) is 0 Å². The first-order valence-electron chi connectivity index (χ1n) is 2.70. The lowest BCUT2D eigenvalue weighted by Gasteiger charge is -1.88. The van der Waals surface area contributed by atoms with Gasteiger partial charge >= 0.3 is 0 Å². The summed E-state index contributed by atoms with van der Waals surface area (Å²) < 4.78 is 0. The fraction of sp³-hybridized carbons (Fsp3) is 0.200. The van der Waals surface area contributed by atoms with Gasteiger partial charge in [0.25, 0.3) is 0 Å². The summed E-state index contributed by atoms with van der Waals surface area (Å²) in [5, 5.41) is 0.448. The highest BCUT2D eigenvalue weighted by atomic mass is 32.2. The molecule has 0 aromatic rings. The van der Waals surface area contributed by atoms with Crippen LogP contribution in [0.1, 0.15) is 0 Å². The van der Waals surface area contributed by atoms with E-state index in [9.17, 15) is 4.79 Å². The van der Waals surface area contributed by atoms with E-state index in [1.54, 1.807) is 0 Å². The lowest BCUT2D eigenvalue weighted by Crippen LogP contribution is -1.95. The molecule has 0 bridgehead atoms. The molecular weight excluding hydrogens is 150 g/mol. The van der Waals surface area contributed by atoms with E-state index >= 15 is 0 Å². The minimum Gasteiger partial charge on any atom is -0.300 e. The molecule has 0 saturated carbocycles. The van der Waals surface area contributed by atoms with Crippen molar-refractivity contribution in [3.05, 3.63) is 0 Å². The van der Waals surface area contributed by atoms with Crippen LogP contribution in [0.25, 0.3) is 0 Å². The van der Waals surface area contributed by atoms with Gasteiger partial charge in [-0.2, -0.15) is 0 Å². The maximum atomic E-state index is 10.2. The molecule has 0 saturated heterocycles. The minimum absolute atomic E-state index is 0.314. The Hall–Kier alpha value is -0.970. The van der Waals surface area contributed by atoms with E-state index in [0.29, 0.717) is 5.84 Å². The van der Waals surface area contributed by atoms with Gasteiger partial charge in [0.05, 0.1) is 0 Å². The van der Waals surface area contributed by atoms with E-state index in [-0.39, 0.29) is 5.37 Å². The number of carbonyl (C=O) groups is 1. The molecule has 2 aliphatic heterocycles. The van der Waals surface area contributed by atoms with Crippen LogP contribution in [0.2, 0.25) is 0 Å². The third-order valence-electron chi connectivity index (χ3n) is 1.14. The molecule has 0 aromatic heterocycles. The van der Waals surface area contributed by atoms with Gasteiger partial charge in [-0.3, -0.25) is 4.79 Å². The van der Waals surface area contributed by atoms with Crippen molar-refractivity contribution < 1.29 is 4.79 Å². The smallest absolute Gasteiger partial charge is 0.183 e. The van der Waals surface area contributed by atoms with Crippen molar-refractivity contribution in [2.45, 2.75) is 5.37 Å².